The molecule has 8 aromatic heterocycles. The number of anilines is 4. The largest absolute Gasteiger partial charge is 1.00 e. The Bertz CT molecular complexity index is 3960. The quantitative estimate of drug-likeness (QED) is 0.0816. The van der Waals surface area contributed by atoms with E-state index in [1.807, 2.05) is 72.8 Å². The first-order chi connectivity index (χ1) is 38.9. The van der Waals surface area contributed by atoms with Crippen LogP contribution in [-0.2, 0) is 143 Å². The number of benzene rings is 4. The summed E-state index contributed by atoms with van der Waals surface area (Å²) in [5.41, 5.74) is 28.2. The summed E-state index contributed by atoms with van der Waals surface area (Å²) in [5.74, 6) is 6.14. The van der Waals surface area contributed by atoms with Crippen molar-refractivity contribution in [3.05, 3.63) is 132 Å². The van der Waals surface area contributed by atoms with E-state index < -0.39 is 0 Å². The van der Waals surface area contributed by atoms with Crippen LogP contribution in [-0.4, -0.2) is 88.2 Å². The van der Waals surface area contributed by atoms with Crippen LogP contribution >= 0.6 is 91.3 Å². The number of hydrogen-bond donors (Lipinski definition) is 4. The minimum atomic E-state index is 0. The summed E-state index contributed by atoms with van der Waals surface area (Å²) < 4.78 is 23.9. The number of aromatic nitrogens is 16. The van der Waals surface area contributed by atoms with Crippen molar-refractivity contribution in [3.8, 4) is 23.0 Å². The van der Waals surface area contributed by atoms with Gasteiger partial charge in [0.1, 0.15) is 46.3 Å². The minimum absolute atomic E-state index is 0. The van der Waals surface area contributed by atoms with Crippen LogP contribution in [0, 0.1) is 31.5 Å². The molecule has 430 valence electrons. The van der Waals surface area contributed by atoms with Crippen LogP contribution < -0.4 is 113 Å². The van der Waals surface area contributed by atoms with Crippen LogP contribution in [0.4, 0.5) is 23.3 Å². The topological polar surface area (TPSA) is 352 Å². The Hall–Kier alpha value is -1.36. The molecule has 4 radical (unpaired) electrons. The van der Waals surface area contributed by atoms with E-state index in [-0.39, 0.29) is 182 Å². The normalized spacial score (nSPS) is 9.84. The minimum Gasteiger partial charge on any atom is -0.779 e. The molecule has 0 spiro atoms. The number of fused-ring (bicyclic) bond motifs is 4. The van der Waals surface area contributed by atoms with Gasteiger partial charge in [0.15, 0.2) is 0 Å². The SMILES string of the molecule is COc1ccc(I)c(C)c1.COc1ccc(I)c(Sc2nc3c(N)ncnc3[n-]2)c1.COc1ccc(I)c([S-])c1.COc1cccc(Sc2nc3c(N)ncnc3[n-]2)c1.Cc1nc2c(N)ncnc2[n-]1.Cc1nc2c(N)ncnc2[n-]1.[K+].[Y].[Y].[Y].[Y]. The number of methoxy groups -OCH3 is 4. The molecule has 0 saturated heterocycles. The van der Waals surface area contributed by atoms with Crippen LogP contribution in [0.3, 0.4) is 0 Å². The fourth-order valence-corrected chi connectivity index (χ4v) is 9.52. The van der Waals surface area contributed by atoms with Crippen molar-refractivity contribution in [1.29, 1.82) is 0 Å². The van der Waals surface area contributed by atoms with Crippen molar-refractivity contribution in [2.45, 2.75) is 45.8 Å². The number of ether oxygens (including phenoxy) is 4. The number of rotatable bonds is 8. The fraction of sp³-hybridized carbons (Fsp3) is 0.137. The summed E-state index contributed by atoms with van der Waals surface area (Å²) in [6.45, 7) is 5.66. The van der Waals surface area contributed by atoms with Gasteiger partial charge < -0.3 is 114 Å². The van der Waals surface area contributed by atoms with Crippen LogP contribution in [0.1, 0.15) is 17.2 Å². The Labute approximate surface area is 692 Å². The van der Waals surface area contributed by atoms with Gasteiger partial charge in [-0.2, -0.15) is 4.90 Å². The molecule has 24 nitrogen and oxygen atoms in total. The molecular formula is C51H46I3KN20O4S3Y4-4. The second-order valence-corrected chi connectivity index (χ2v) is 21.8. The van der Waals surface area contributed by atoms with Crippen molar-refractivity contribution in [2.24, 2.45) is 0 Å². The average Bonchev–Trinajstić information content (AvgIpc) is 4.47. The number of nitrogens with zero attached hydrogens (tertiary/aromatic N) is 16. The van der Waals surface area contributed by atoms with Gasteiger partial charge in [0, 0.05) is 218 Å². The van der Waals surface area contributed by atoms with Crippen molar-refractivity contribution in [3.63, 3.8) is 0 Å². The first kappa shape index (κ1) is 80.7. The predicted molar refractivity (Wildman–Crippen MR) is 338 cm³/mol. The van der Waals surface area contributed by atoms with E-state index in [1.54, 1.807) is 42.3 Å². The van der Waals surface area contributed by atoms with Crippen molar-refractivity contribution < 1.29 is 201 Å². The number of aryl methyl sites for hydroxylation is 3. The molecule has 0 saturated carbocycles. The third kappa shape index (κ3) is 24.0. The third-order valence-electron chi connectivity index (χ3n) is 10.3. The van der Waals surface area contributed by atoms with Crippen LogP contribution in [0.5, 0.6) is 23.0 Å². The third-order valence-corrected chi connectivity index (χ3v) is 16.3. The maximum atomic E-state index is 5.75. The first-order valence-corrected chi connectivity index (χ1v) is 28.4. The summed E-state index contributed by atoms with van der Waals surface area (Å²) in [6, 6.07) is 25.3. The van der Waals surface area contributed by atoms with Crippen molar-refractivity contribution in [1.82, 2.24) is 79.7 Å². The van der Waals surface area contributed by atoms with Gasteiger partial charge in [0.2, 0.25) is 0 Å². The smallest absolute Gasteiger partial charge is 0.779 e. The standard InChI is InChI=1S/C12H9IN5OS.C12H10N5OS.C8H9IO.C7H7IOS.2C6H6N5.K.4Y/c1-19-6-2-3-7(13)8(4-6)20-12-17-9-10(14)15-5-16-11(9)18-12;1-18-7-3-2-4-8(5-7)19-12-16-9-10(13)14-6-15-11(9)17-12;1-6-5-7(10-2)3-4-8(6)9;1-9-5-2-3-6(8)7(10)4-5;2*1-3-10-4-5(7)8-2-9-6(4)11-3;;;;;/h2-5H,1H3,(H2-,14,15,16,17,18);2-6H,1H3,(H2-,13,14,15,16,17);3-5H,1-2H3;2-4,10H,1H3;2*2H,1H3,(H2-,7,8,9,10,11);;;;;/q2*-1;;;2*-1;+1;;;;/p-1. The first-order valence-electron chi connectivity index (χ1n) is 23.2. The van der Waals surface area contributed by atoms with Crippen LogP contribution in [0.2, 0.25) is 0 Å². The van der Waals surface area contributed by atoms with Gasteiger partial charge in [-0.1, -0.05) is 29.6 Å². The molecule has 12 rings (SSSR count). The van der Waals surface area contributed by atoms with Gasteiger partial charge in [-0.05, 0) is 182 Å². The van der Waals surface area contributed by atoms with Gasteiger partial charge in [0.05, 0.1) is 38.8 Å². The van der Waals surface area contributed by atoms with Crippen LogP contribution in [0.15, 0.2) is 129 Å². The second-order valence-electron chi connectivity index (χ2n) is 15.9. The monoisotopic (exact) mass is 1870 g/mol. The molecule has 4 aromatic carbocycles. The number of hydrogen-bond acceptors (Lipinski definition) is 23. The molecule has 8 heterocycles. The van der Waals surface area contributed by atoms with Gasteiger partial charge in [0.25, 0.3) is 0 Å². The molecule has 0 aliphatic heterocycles. The summed E-state index contributed by atoms with van der Waals surface area (Å²) in [7, 11) is 6.59. The Kier molecular flexibility index (Phi) is 38.1. The van der Waals surface area contributed by atoms with E-state index in [9.17, 15) is 0 Å². The molecule has 35 heteroatoms. The maximum absolute atomic E-state index is 5.75. The molecule has 0 bridgehead atoms. The fourth-order valence-electron chi connectivity index (χ4n) is 6.39. The molecule has 0 aliphatic carbocycles. The Morgan fingerprint density at radius 1 is 0.430 bits per heavy atom. The Balaban J connectivity index is 0.000000357. The van der Waals surface area contributed by atoms with Crippen molar-refractivity contribution in [2.75, 3.05) is 51.4 Å². The number of imidazole rings is 4. The maximum Gasteiger partial charge on any atom is 1.00 e. The molecule has 0 amide bonds. The van der Waals surface area contributed by atoms with Gasteiger partial charge in [-0.15, -0.1) is 0 Å². The zero-order valence-corrected chi connectivity index (χ0v) is 70.5. The van der Waals surface area contributed by atoms with Crippen LogP contribution in [0.25, 0.3) is 44.7 Å². The van der Waals surface area contributed by atoms with Gasteiger partial charge in [-0.25, -0.2) is 19.9 Å². The number of nitrogens with two attached hydrogens (primary N) is 4. The average molecular weight is 1870 g/mol. The number of halogens is 3. The molecule has 8 N–H and O–H groups in total. The molecule has 0 unspecified atom stereocenters. The van der Waals surface area contributed by atoms with Gasteiger partial charge >= 0.3 is 51.4 Å². The predicted octanol–water partition coefficient (Wildman–Crippen LogP) is 5.61. The molecular weight excluding hydrogens is 1830 g/mol. The molecule has 0 fully saturated rings. The van der Waals surface area contributed by atoms with E-state index in [0.717, 1.165) is 44.8 Å². The van der Waals surface area contributed by atoms with Gasteiger partial charge in [-0.3, -0.25) is 0 Å². The zero-order chi connectivity index (χ0) is 58.2. The molecule has 0 atom stereocenters. The van der Waals surface area contributed by atoms with E-state index in [4.69, 9.17) is 54.5 Å². The number of nitrogen functional groups attached to an aromatic ring is 4. The molecule has 86 heavy (non-hydrogen) atoms. The Morgan fingerprint density at radius 3 is 1.21 bits per heavy atom. The summed E-state index contributed by atoms with van der Waals surface area (Å²) in [4.78, 5) is 67.6. The van der Waals surface area contributed by atoms with Crippen molar-refractivity contribution >= 4 is 172 Å². The summed E-state index contributed by atoms with van der Waals surface area (Å²) in [6.07, 6.45) is 5.53. The Morgan fingerprint density at radius 2 is 0.802 bits per heavy atom. The summed E-state index contributed by atoms with van der Waals surface area (Å²) >= 11 is 14.7. The van der Waals surface area contributed by atoms with E-state index in [2.05, 4.69) is 161 Å². The summed E-state index contributed by atoms with van der Waals surface area (Å²) in [5, 5.41) is 1.19. The second kappa shape index (κ2) is 40.6. The molecule has 12 aromatic rings. The van der Waals surface area contributed by atoms with E-state index in [1.165, 1.54) is 58.0 Å². The van der Waals surface area contributed by atoms with E-state index in [0.29, 0.717) is 89.9 Å². The zero-order valence-electron chi connectivity index (χ0n) is 47.1. The molecule has 0 aliphatic rings. The van der Waals surface area contributed by atoms with E-state index >= 15 is 0 Å².